The van der Waals surface area contributed by atoms with Gasteiger partial charge in [0.2, 0.25) is 15.9 Å². The molecule has 0 aromatic heterocycles. The second kappa shape index (κ2) is 10.1. The molecule has 2 aliphatic heterocycles. The van der Waals surface area contributed by atoms with Crippen molar-refractivity contribution in [1.82, 2.24) is 14.1 Å². The van der Waals surface area contributed by atoms with Crippen molar-refractivity contribution in [2.24, 2.45) is 0 Å². The summed E-state index contributed by atoms with van der Waals surface area (Å²) in [6.45, 7) is 7.09. The van der Waals surface area contributed by atoms with Crippen LogP contribution in [0.15, 0.2) is 59.5 Å². The van der Waals surface area contributed by atoms with E-state index >= 15 is 0 Å². The number of piperazine rings is 1. The maximum absolute atomic E-state index is 13.1. The summed E-state index contributed by atoms with van der Waals surface area (Å²) < 4.78 is 27.8. The molecule has 4 rings (SSSR count). The van der Waals surface area contributed by atoms with Crippen LogP contribution in [0, 0.1) is 0 Å². The Kier molecular flexibility index (Phi) is 7.25. The predicted octanol–water partition coefficient (Wildman–Crippen LogP) is 2.62. The van der Waals surface area contributed by atoms with E-state index in [4.69, 9.17) is 0 Å². The van der Waals surface area contributed by atoms with Gasteiger partial charge in [-0.05, 0) is 49.7 Å². The molecule has 1 amide bonds. The zero-order valence-corrected chi connectivity index (χ0v) is 19.4. The molecule has 0 radical (unpaired) electrons. The number of sulfonamides is 1. The average Bonchev–Trinajstić information content (AvgIpc) is 3.28. The van der Waals surface area contributed by atoms with Gasteiger partial charge in [-0.25, -0.2) is 8.42 Å². The van der Waals surface area contributed by atoms with Gasteiger partial charge in [0.1, 0.15) is 0 Å². The number of carbonyl (C=O) groups is 1. The number of hydrogen-bond donors (Lipinski definition) is 1. The molecule has 8 heteroatoms. The fourth-order valence-electron chi connectivity index (χ4n) is 4.53. The van der Waals surface area contributed by atoms with Gasteiger partial charge in [-0.15, -0.1) is 0 Å². The lowest BCUT2D eigenvalue weighted by molar-refractivity contribution is -0.120. The van der Waals surface area contributed by atoms with Crippen molar-refractivity contribution in [3.05, 3.63) is 60.2 Å². The Labute approximate surface area is 191 Å². The molecule has 2 aliphatic rings. The number of likely N-dealkylation sites (N-methyl/N-ethyl adjacent to an activating group) is 1. The molecule has 7 nitrogen and oxygen atoms in total. The molecule has 2 fully saturated rings. The van der Waals surface area contributed by atoms with Crippen LogP contribution < -0.4 is 5.32 Å². The normalized spacial score (nSPS) is 21.0. The summed E-state index contributed by atoms with van der Waals surface area (Å²) in [4.78, 5) is 17.7. The van der Waals surface area contributed by atoms with Crippen LogP contribution in [0.3, 0.4) is 0 Å². The Balaban J connectivity index is 1.42. The average molecular weight is 457 g/mol. The number of amides is 1. The summed E-state index contributed by atoms with van der Waals surface area (Å²) in [7, 11) is -3.58. The summed E-state index contributed by atoms with van der Waals surface area (Å²) in [5, 5.41) is 2.96. The van der Waals surface area contributed by atoms with Crippen LogP contribution in [0.1, 0.15) is 25.3 Å². The highest BCUT2D eigenvalue weighted by Crippen LogP contribution is 2.24. The van der Waals surface area contributed by atoms with Gasteiger partial charge in [0.05, 0.1) is 10.9 Å². The van der Waals surface area contributed by atoms with E-state index in [1.54, 1.807) is 28.6 Å². The van der Waals surface area contributed by atoms with Gasteiger partial charge in [-0.3, -0.25) is 9.69 Å². The Bertz CT molecular complexity index is 1020. The quantitative estimate of drug-likeness (QED) is 0.693. The number of anilines is 1. The first-order valence-corrected chi connectivity index (χ1v) is 12.8. The van der Waals surface area contributed by atoms with Crippen LogP contribution in [0.5, 0.6) is 0 Å². The van der Waals surface area contributed by atoms with Crippen LogP contribution in [0.25, 0.3) is 0 Å². The van der Waals surface area contributed by atoms with E-state index in [0.29, 0.717) is 18.8 Å². The Morgan fingerprint density at radius 3 is 2.47 bits per heavy atom. The second-order valence-corrected chi connectivity index (χ2v) is 10.4. The maximum atomic E-state index is 13.1. The van der Waals surface area contributed by atoms with E-state index in [1.165, 1.54) is 5.56 Å². The molecular formula is C24H32N4O3S. The zero-order valence-electron chi connectivity index (χ0n) is 18.6. The highest BCUT2D eigenvalue weighted by atomic mass is 32.2. The number of nitrogens with one attached hydrogen (secondary N) is 1. The molecule has 1 unspecified atom stereocenters. The first-order valence-electron chi connectivity index (χ1n) is 11.4. The van der Waals surface area contributed by atoms with E-state index in [2.05, 4.69) is 34.2 Å². The number of likely N-dealkylation sites (tertiary alicyclic amines) is 1. The minimum atomic E-state index is -3.58. The van der Waals surface area contributed by atoms with Gasteiger partial charge in [0, 0.05) is 38.4 Å². The summed E-state index contributed by atoms with van der Waals surface area (Å²) in [5.41, 5.74) is 1.71. The smallest absolute Gasteiger partial charge is 0.243 e. The van der Waals surface area contributed by atoms with Crippen molar-refractivity contribution in [3.63, 3.8) is 0 Å². The van der Waals surface area contributed by atoms with Crippen LogP contribution in [-0.4, -0.2) is 73.7 Å². The van der Waals surface area contributed by atoms with Gasteiger partial charge in [-0.2, -0.15) is 4.31 Å². The molecule has 2 heterocycles. The van der Waals surface area contributed by atoms with Crippen molar-refractivity contribution in [1.29, 1.82) is 0 Å². The molecule has 0 spiro atoms. The van der Waals surface area contributed by atoms with Crippen LogP contribution in [-0.2, 0) is 21.4 Å². The number of rotatable bonds is 7. The maximum Gasteiger partial charge on any atom is 0.243 e. The second-order valence-electron chi connectivity index (χ2n) is 8.47. The van der Waals surface area contributed by atoms with Gasteiger partial charge in [0.25, 0.3) is 0 Å². The van der Waals surface area contributed by atoms with Gasteiger partial charge >= 0.3 is 0 Å². The molecule has 0 aliphatic carbocycles. The van der Waals surface area contributed by atoms with E-state index in [-0.39, 0.29) is 16.8 Å². The molecular weight excluding hydrogens is 424 g/mol. The third-order valence-corrected chi connectivity index (χ3v) is 8.31. The van der Waals surface area contributed by atoms with E-state index in [0.717, 1.165) is 45.6 Å². The van der Waals surface area contributed by atoms with Gasteiger partial charge in [0.15, 0.2) is 0 Å². The summed E-state index contributed by atoms with van der Waals surface area (Å²) in [6, 6.07) is 16.6. The number of nitrogens with zero attached hydrogens (tertiary/aromatic N) is 3. The van der Waals surface area contributed by atoms with E-state index < -0.39 is 10.0 Å². The Morgan fingerprint density at radius 2 is 1.75 bits per heavy atom. The molecule has 0 saturated carbocycles. The fourth-order valence-corrected chi connectivity index (χ4v) is 5.99. The summed E-state index contributed by atoms with van der Waals surface area (Å²) in [5.74, 6) is -0.0791. The molecule has 2 aromatic carbocycles. The van der Waals surface area contributed by atoms with E-state index in [1.807, 2.05) is 18.2 Å². The Morgan fingerprint density at radius 1 is 1.00 bits per heavy atom. The van der Waals surface area contributed by atoms with Crippen molar-refractivity contribution in [2.75, 3.05) is 44.6 Å². The first kappa shape index (κ1) is 22.9. The largest absolute Gasteiger partial charge is 0.325 e. The summed E-state index contributed by atoms with van der Waals surface area (Å²) in [6.07, 6.45) is 1.78. The predicted molar refractivity (Wildman–Crippen MR) is 126 cm³/mol. The number of carbonyl (C=O) groups excluding carboxylic acids is 1. The molecule has 32 heavy (non-hydrogen) atoms. The standard InChI is InChI=1S/C24H32N4O3S/c1-2-26-14-16-28(17-15-26)32(30,31)22-11-6-10-21(18-22)25-24(29)23-12-7-13-27(23)19-20-8-4-3-5-9-20/h3-6,8-11,18,23H,2,7,12-17,19H2,1H3,(H,25,29). The number of benzene rings is 2. The lowest BCUT2D eigenvalue weighted by Gasteiger charge is -2.33. The molecule has 1 atom stereocenters. The molecule has 2 saturated heterocycles. The lowest BCUT2D eigenvalue weighted by Crippen LogP contribution is -2.48. The topological polar surface area (TPSA) is 73.0 Å². The minimum absolute atomic E-state index is 0.0791. The summed E-state index contributed by atoms with van der Waals surface area (Å²) >= 11 is 0. The third-order valence-electron chi connectivity index (χ3n) is 6.41. The van der Waals surface area contributed by atoms with Crippen molar-refractivity contribution in [3.8, 4) is 0 Å². The monoisotopic (exact) mass is 456 g/mol. The van der Waals surface area contributed by atoms with Crippen LogP contribution in [0.2, 0.25) is 0 Å². The van der Waals surface area contributed by atoms with Gasteiger partial charge in [-0.1, -0.05) is 43.3 Å². The first-order chi connectivity index (χ1) is 15.5. The SMILES string of the molecule is CCN1CCN(S(=O)(=O)c2cccc(NC(=O)C3CCCN3Cc3ccccc3)c2)CC1. The van der Waals surface area contributed by atoms with E-state index in [9.17, 15) is 13.2 Å². The fraction of sp³-hybridized carbons (Fsp3) is 0.458. The van der Waals surface area contributed by atoms with Crippen molar-refractivity contribution < 1.29 is 13.2 Å². The van der Waals surface area contributed by atoms with Crippen molar-refractivity contribution >= 4 is 21.6 Å². The number of hydrogen-bond acceptors (Lipinski definition) is 5. The van der Waals surface area contributed by atoms with Crippen molar-refractivity contribution in [2.45, 2.75) is 37.2 Å². The molecule has 0 bridgehead atoms. The molecule has 172 valence electrons. The van der Waals surface area contributed by atoms with Crippen LogP contribution >= 0.6 is 0 Å². The molecule has 2 aromatic rings. The highest BCUT2D eigenvalue weighted by Gasteiger charge is 2.31. The van der Waals surface area contributed by atoms with Crippen LogP contribution in [0.4, 0.5) is 5.69 Å². The zero-order chi connectivity index (χ0) is 22.6. The minimum Gasteiger partial charge on any atom is -0.325 e. The third kappa shape index (κ3) is 5.20. The van der Waals surface area contributed by atoms with Gasteiger partial charge < -0.3 is 10.2 Å². The lowest BCUT2D eigenvalue weighted by atomic mass is 10.1. The highest BCUT2D eigenvalue weighted by molar-refractivity contribution is 7.89. The Hall–Kier alpha value is -2.26. The molecule has 1 N–H and O–H groups in total.